The van der Waals surface area contributed by atoms with Crippen molar-refractivity contribution >= 4 is 0 Å². The normalized spacial score (nSPS) is 12.5. The molecule has 0 aliphatic rings. The van der Waals surface area contributed by atoms with Crippen molar-refractivity contribution in [1.82, 2.24) is 5.32 Å². The summed E-state index contributed by atoms with van der Waals surface area (Å²) in [7, 11) is 0. The second kappa shape index (κ2) is 7.28. The first-order valence-electron chi connectivity index (χ1n) is 6.21. The van der Waals surface area contributed by atoms with E-state index in [4.69, 9.17) is 4.74 Å². The molecule has 17 heavy (non-hydrogen) atoms. The lowest BCUT2D eigenvalue weighted by Crippen LogP contribution is -2.20. The summed E-state index contributed by atoms with van der Waals surface area (Å²) in [5, 5.41) is 3.41. The fourth-order valence-corrected chi connectivity index (χ4v) is 1.74. The number of rotatable bonds is 7. The molecule has 0 heterocycles. The maximum atomic E-state index is 12.2. The van der Waals surface area contributed by atoms with E-state index in [-0.39, 0.29) is 12.6 Å². The Balaban J connectivity index is 2.80. The van der Waals surface area contributed by atoms with Crippen molar-refractivity contribution in [2.75, 3.05) is 19.8 Å². The van der Waals surface area contributed by atoms with Crippen LogP contribution < -0.4 is 10.1 Å². The smallest absolute Gasteiger partial charge is 0.124 e. The van der Waals surface area contributed by atoms with Gasteiger partial charge in [0.25, 0.3) is 0 Å². The van der Waals surface area contributed by atoms with Gasteiger partial charge in [0, 0.05) is 11.6 Å². The van der Waals surface area contributed by atoms with E-state index in [1.165, 1.54) is 0 Å². The van der Waals surface area contributed by atoms with Crippen molar-refractivity contribution < 1.29 is 9.13 Å². The highest BCUT2D eigenvalue weighted by Crippen LogP contribution is 2.26. The molecule has 0 aliphatic heterocycles. The van der Waals surface area contributed by atoms with Gasteiger partial charge in [0.05, 0.1) is 0 Å². The highest BCUT2D eigenvalue weighted by atomic mass is 19.1. The first-order chi connectivity index (χ1) is 8.19. The molecular weight excluding hydrogens is 217 g/mol. The van der Waals surface area contributed by atoms with Crippen LogP contribution in [0.4, 0.5) is 4.39 Å². The van der Waals surface area contributed by atoms with Gasteiger partial charge in [-0.1, -0.05) is 19.1 Å². The zero-order valence-electron chi connectivity index (χ0n) is 10.9. The minimum absolute atomic E-state index is 0.122. The molecule has 0 saturated heterocycles. The van der Waals surface area contributed by atoms with Gasteiger partial charge in [0.15, 0.2) is 0 Å². The Bertz CT molecular complexity index is 341. The van der Waals surface area contributed by atoms with E-state index < -0.39 is 6.67 Å². The summed E-state index contributed by atoms with van der Waals surface area (Å²) < 4.78 is 17.6. The van der Waals surface area contributed by atoms with Crippen LogP contribution in [0.1, 0.15) is 37.4 Å². The molecule has 1 aromatic carbocycles. The third kappa shape index (κ3) is 4.35. The molecule has 1 N–H and O–H groups in total. The molecule has 96 valence electrons. The average Bonchev–Trinajstić information content (AvgIpc) is 2.33. The Morgan fingerprint density at radius 2 is 2.18 bits per heavy atom. The molecule has 1 aromatic rings. The lowest BCUT2D eigenvalue weighted by Gasteiger charge is -2.18. The number of hydrogen-bond donors (Lipinski definition) is 1. The van der Waals surface area contributed by atoms with Crippen LogP contribution in [0.25, 0.3) is 0 Å². The van der Waals surface area contributed by atoms with Crippen LogP contribution in [0.3, 0.4) is 0 Å². The van der Waals surface area contributed by atoms with Gasteiger partial charge in [-0.05, 0) is 38.4 Å². The molecule has 1 atom stereocenters. The summed E-state index contributed by atoms with van der Waals surface area (Å²) in [5.41, 5.74) is 2.22. The van der Waals surface area contributed by atoms with Crippen LogP contribution in [0.2, 0.25) is 0 Å². The van der Waals surface area contributed by atoms with E-state index >= 15 is 0 Å². The fourth-order valence-electron chi connectivity index (χ4n) is 1.74. The van der Waals surface area contributed by atoms with Gasteiger partial charge in [-0.2, -0.15) is 0 Å². The highest BCUT2D eigenvalue weighted by Gasteiger charge is 2.11. The number of aryl methyl sites for hydroxylation is 1. The van der Waals surface area contributed by atoms with E-state index in [1.807, 2.05) is 13.0 Å². The molecule has 2 nitrogen and oxygen atoms in total. The van der Waals surface area contributed by atoms with Crippen molar-refractivity contribution in [1.29, 1.82) is 0 Å². The monoisotopic (exact) mass is 239 g/mol. The zero-order valence-corrected chi connectivity index (χ0v) is 10.9. The Morgan fingerprint density at radius 1 is 1.41 bits per heavy atom. The largest absolute Gasteiger partial charge is 0.491 e. The topological polar surface area (TPSA) is 21.3 Å². The summed E-state index contributed by atoms with van der Waals surface area (Å²) >= 11 is 0. The minimum Gasteiger partial charge on any atom is -0.491 e. The van der Waals surface area contributed by atoms with Crippen LogP contribution >= 0.6 is 0 Å². The molecular formula is C14H22FNO. The molecule has 1 unspecified atom stereocenters. The van der Waals surface area contributed by atoms with Gasteiger partial charge in [0.2, 0.25) is 0 Å². The maximum Gasteiger partial charge on any atom is 0.124 e. The summed E-state index contributed by atoms with van der Waals surface area (Å²) in [6.45, 7) is 6.88. The molecule has 0 fully saturated rings. The Morgan fingerprint density at radius 3 is 2.82 bits per heavy atom. The number of alkyl halides is 1. The molecule has 3 heteroatoms. The summed E-state index contributed by atoms with van der Waals surface area (Å²) in [6.07, 6.45) is 1.09. The van der Waals surface area contributed by atoms with E-state index in [0.29, 0.717) is 0 Å². The number of hydrogen-bond acceptors (Lipinski definition) is 2. The van der Waals surface area contributed by atoms with Gasteiger partial charge in [-0.25, -0.2) is 4.39 Å². The first kappa shape index (κ1) is 14.0. The lowest BCUT2D eigenvalue weighted by atomic mass is 10.0. The Hall–Kier alpha value is -1.09. The van der Waals surface area contributed by atoms with Crippen LogP contribution in [-0.4, -0.2) is 19.8 Å². The number of halogens is 1. The summed E-state index contributed by atoms with van der Waals surface area (Å²) in [4.78, 5) is 0. The van der Waals surface area contributed by atoms with E-state index in [1.54, 1.807) is 0 Å². The van der Waals surface area contributed by atoms with Crippen LogP contribution in [0.15, 0.2) is 18.2 Å². The van der Waals surface area contributed by atoms with Gasteiger partial charge in [0.1, 0.15) is 19.0 Å². The van der Waals surface area contributed by atoms with Gasteiger partial charge in [-0.3, -0.25) is 0 Å². The van der Waals surface area contributed by atoms with Crippen molar-refractivity contribution in [3.8, 4) is 5.75 Å². The molecule has 0 spiro atoms. The number of ether oxygens (including phenoxy) is 1. The maximum absolute atomic E-state index is 12.2. The standard InChI is InChI=1S/C14H22FNO/c1-4-8-16-12(3)13-6-5-11(2)10-14(13)17-9-7-15/h5-6,10,12,16H,4,7-9H2,1-3H3. The van der Waals surface area contributed by atoms with Crippen LogP contribution in [-0.2, 0) is 0 Å². The lowest BCUT2D eigenvalue weighted by molar-refractivity contribution is 0.269. The van der Waals surface area contributed by atoms with E-state index in [2.05, 4.69) is 31.3 Å². The molecule has 0 aromatic heterocycles. The second-order valence-corrected chi connectivity index (χ2v) is 4.25. The van der Waals surface area contributed by atoms with Crippen molar-refractivity contribution in [3.05, 3.63) is 29.3 Å². The zero-order chi connectivity index (χ0) is 12.7. The van der Waals surface area contributed by atoms with Crippen LogP contribution in [0.5, 0.6) is 5.75 Å². The quantitative estimate of drug-likeness (QED) is 0.787. The van der Waals surface area contributed by atoms with Gasteiger partial charge < -0.3 is 10.1 Å². The first-order valence-corrected chi connectivity index (χ1v) is 6.21. The van der Waals surface area contributed by atoms with Crippen LogP contribution in [0, 0.1) is 6.92 Å². The summed E-state index contributed by atoms with van der Waals surface area (Å²) in [6, 6.07) is 6.30. The average molecular weight is 239 g/mol. The Labute approximate surface area is 103 Å². The fraction of sp³-hybridized carbons (Fsp3) is 0.571. The van der Waals surface area contributed by atoms with Crippen molar-refractivity contribution in [3.63, 3.8) is 0 Å². The molecule has 0 aliphatic carbocycles. The van der Waals surface area contributed by atoms with Crippen molar-refractivity contribution in [2.45, 2.75) is 33.2 Å². The number of nitrogens with one attached hydrogen (secondary N) is 1. The number of benzene rings is 1. The minimum atomic E-state index is -0.454. The van der Waals surface area contributed by atoms with E-state index in [0.717, 1.165) is 29.8 Å². The SMILES string of the molecule is CCCNC(C)c1ccc(C)cc1OCCF. The second-order valence-electron chi connectivity index (χ2n) is 4.25. The molecule has 0 radical (unpaired) electrons. The predicted octanol–water partition coefficient (Wildman–Crippen LogP) is 3.40. The van der Waals surface area contributed by atoms with Gasteiger partial charge >= 0.3 is 0 Å². The van der Waals surface area contributed by atoms with E-state index in [9.17, 15) is 4.39 Å². The van der Waals surface area contributed by atoms with Crippen molar-refractivity contribution in [2.24, 2.45) is 0 Å². The van der Waals surface area contributed by atoms with Gasteiger partial charge in [-0.15, -0.1) is 0 Å². The molecule has 0 amide bonds. The molecule has 0 saturated carbocycles. The Kier molecular flexibility index (Phi) is 5.98. The molecule has 0 bridgehead atoms. The third-order valence-corrected chi connectivity index (χ3v) is 2.67. The predicted molar refractivity (Wildman–Crippen MR) is 69.4 cm³/mol. The summed E-state index contributed by atoms with van der Waals surface area (Å²) in [5.74, 6) is 0.791. The highest BCUT2D eigenvalue weighted by molar-refractivity contribution is 5.39. The molecule has 1 rings (SSSR count). The third-order valence-electron chi connectivity index (χ3n) is 2.67.